The van der Waals surface area contributed by atoms with Gasteiger partial charge in [0.1, 0.15) is 5.00 Å². The van der Waals surface area contributed by atoms with Crippen molar-refractivity contribution in [2.75, 3.05) is 18.4 Å². The Morgan fingerprint density at radius 1 is 0.912 bits per heavy atom. The summed E-state index contributed by atoms with van der Waals surface area (Å²) < 4.78 is 0. The van der Waals surface area contributed by atoms with Crippen LogP contribution in [-0.2, 0) is 4.79 Å². The Balaban J connectivity index is 1.29. The van der Waals surface area contributed by atoms with E-state index in [4.69, 9.17) is 0 Å². The number of hydrogen-bond donors (Lipinski definition) is 2. The predicted octanol–water partition coefficient (Wildman–Crippen LogP) is 5.42. The van der Waals surface area contributed by atoms with Crippen molar-refractivity contribution in [1.29, 1.82) is 0 Å². The van der Waals surface area contributed by atoms with Crippen molar-refractivity contribution >= 4 is 34.1 Å². The number of likely N-dealkylation sites (tertiary alicyclic amines) is 1. The lowest BCUT2D eigenvalue weighted by Gasteiger charge is -2.35. The molecule has 4 rings (SSSR count). The molecule has 0 unspecified atom stereocenters. The maximum atomic E-state index is 13.0. The van der Waals surface area contributed by atoms with E-state index in [0.717, 1.165) is 38.5 Å². The van der Waals surface area contributed by atoms with Crippen molar-refractivity contribution in [2.45, 2.75) is 70.8 Å². The van der Waals surface area contributed by atoms with Crippen LogP contribution in [0.15, 0.2) is 35.7 Å². The molecule has 1 aliphatic heterocycles. The first kappa shape index (κ1) is 24.5. The summed E-state index contributed by atoms with van der Waals surface area (Å²) in [6, 6.07) is 9.36. The molecule has 0 radical (unpaired) electrons. The zero-order valence-electron chi connectivity index (χ0n) is 20.1. The largest absolute Gasteiger partial charge is 0.349 e. The fraction of sp³-hybridized carbons (Fsp3) is 0.519. The highest BCUT2D eigenvalue weighted by Gasteiger charge is 2.30. The molecule has 0 spiro atoms. The average molecular weight is 482 g/mol. The van der Waals surface area contributed by atoms with Crippen molar-refractivity contribution in [3.8, 4) is 0 Å². The van der Waals surface area contributed by atoms with Gasteiger partial charge in [0.2, 0.25) is 5.91 Å². The van der Waals surface area contributed by atoms with Crippen LogP contribution in [0, 0.1) is 5.92 Å². The summed E-state index contributed by atoms with van der Waals surface area (Å²) in [5.74, 6) is 0.499. The van der Waals surface area contributed by atoms with Gasteiger partial charge in [-0.25, -0.2) is 0 Å². The van der Waals surface area contributed by atoms with Gasteiger partial charge in [-0.3, -0.25) is 14.4 Å². The number of anilines is 1. The van der Waals surface area contributed by atoms with Crippen LogP contribution in [0.2, 0.25) is 0 Å². The van der Waals surface area contributed by atoms with E-state index in [0.29, 0.717) is 41.0 Å². The summed E-state index contributed by atoms with van der Waals surface area (Å²) in [7, 11) is 0. The van der Waals surface area contributed by atoms with Gasteiger partial charge in [0.25, 0.3) is 11.8 Å². The lowest BCUT2D eigenvalue weighted by molar-refractivity contribution is -0.137. The third-order valence-electron chi connectivity index (χ3n) is 7.07. The van der Waals surface area contributed by atoms with E-state index in [2.05, 4.69) is 24.5 Å². The second-order valence-corrected chi connectivity index (χ2v) is 10.7. The molecule has 0 bridgehead atoms. The van der Waals surface area contributed by atoms with Gasteiger partial charge in [-0.15, -0.1) is 11.3 Å². The normalized spacial score (nSPS) is 17.6. The molecule has 1 saturated heterocycles. The van der Waals surface area contributed by atoms with Gasteiger partial charge in [0, 0.05) is 30.6 Å². The van der Waals surface area contributed by atoms with E-state index >= 15 is 0 Å². The Morgan fingerprint density at radius 2 is 1.59 bits per heavy atom. The molecule has 2 N–H and O–H groups in total. The molecular weight excluding hydrogens is 446 g/mol. The Morgan fingerprint density at radius 3 is 2.24 bits per heavy atom. The summed E-state index contributed by atoms with van der Waals surface area (Å²) in [5.41, 5.74) is 2.23. The topological polar surface area (TPSA) is 78.5 Å². The number of benzene rings is 1. The molecule has 182 valence electrons. The summed E-state index contributed by atoms with van der Waals surface area (Å²) in [6.45, 7) is 5.62. The molecule has 1 aliphatic carbocycles. The number of nitrogens with one attached hydrogen (secondary N) is 2. The van der Waals surface area contributed by atoms with E-state index in [1.807, 2.05) is 34.5 Å². The highest BCUT2D eigenvalue weighted by Crippen LogP contribution is 2.28. The number of carbonyl (C=O) groups is 3. The smallest absolute Gasteiger partial charge is 0.256 e. The molecular formula is C27H35N3O3S. The molecule has 2 aromatic rings. The van der Waals surface area contributed by atoms with Gasteiger partial charge in [0.05, 0.1) is 5.56 Å². The van der Waals surface area contributed by atoms with Gasteiger partial charge >= 0.3 is 0 Å². The number of nitrogens with zero attached hydrogens (tertiary/aromatic N) is 1. The molecule has 2 fully saturated rings. The monoisotopic (exact) mass is 481 g/mol. The number of carbonyl (C=O) groups excluding carboxylic acids is 3. The molecule has 2 heterocycles. The van der Waals surface area contributed by atoms with Crippen LogP contribution in [0.5, 0.6) is 0 Å². The first-order valence-electron chi connectivity index (χ1n) is 12.5. The summed E-state index contributed by atoms with van der Waals surface area (Å²) in [4.78, 5) is 40.4. The molecule has 0 atom stereocenters. The van der Waals surface area contributed by atoms with Crippen molar-refractivity contribution in [2.24, 2.45) is 5.92 Å². The quantitative estimate of drug-likeness (QED) is 0.578. The van der Waals surface area contributed by atoms with Gasteiger partial charge in [-0.05, 0) is 60.7 Å². The maximum absolute atomic E-state index is 13.0. The molecule has 7 heteroatoms. The first-order valence-corrected chi connectivity index (χ1v) is 13.4. The van der Waals surface area contributed by atoms with Crippen LogP contribution in [0.3, 0.4) is 0 Å². The van der Waals surface area contributed by atoms with E-state index < -0.39 is 0 Å². The third kappa shape index (κ3) is 5.87. The van der Waals surface area contributed by atoms with Crippen LogP contribution in [-0.4, -0.2) is 41.8 Å². The van der Waals surface area contributed by atoms with E-state index in [1.54, 1.807) is 6.07 Å². The highest BCUT2D eigenvalue weighted by molar-refractivity contribution is 7.14. The summed E-state index contributed by atoms with van der Waals surface area (Å²) in [5, 5.41) is 8.38. The van der Waals surface area contributed by atoms with E-state index in [-0.39, 0.29) is 23.8 Å². The van der Waals surface area contributed by atoms with Crippen molar-refractivity contribution in [3.63, 3.8) is 0 Å². The van der Waals surface area contributed by atoms with Crippen LogP contribution in [0.25, 0.3) is 0 Å². The Bertz CT molecular complexity index is 1000. The fourth-order valence-electron chi connectivity index (χ4n) is 4.89. The molecule has 1 saturated carbocycles. The fourth-order valence-corrected chi connectivity index (χ4v) is 5.67. The number of rotatable bonds is 6. The SMILES string of the molecule is CC(C)c1ccc(C(=O)Nc2sccc2C(=O)NC2CCN(C(=O)C3CCCCC3)CC2)cc1. The number of piperidine rings is 1. The molecule has 1 aromatic carbocycles. The second-order valence-electron chi connectivity index (χ2n) is 9.80. The minimum absolute atomic E-state index is 0.0370. The zero-order chi connectivity index (χ0) is 24.1. The molecule has 2 aliphatic rings. The number of thiophene rings is 1. The number of hydrogen-bond acceptors (Lipinski definition) is 4. The molecule has 1 aromatic heterocycles. The highest BCUT2D eigenvalue weighted by atomic mass is 32.1. The van der Waals surface area contributed by atoms with E-state index in [1.165, 1.54) is 23.3 Å². The van der Waals surface area contributed by atoms with Crippen molar-refractivity contribution < 1.29 is 14.4 Å². The standard InChI is InChI=1S/C27H35N3O3S/c1-18(2)19-8-10-20(11-9-19)24(31)29-26-23(14-17-34-26)25(32)28-22-12-15-30(16-13-22)27(33)21-6-4-3-5-7-21/h8-11,14,17-18,21-22H,3-7,12-13,15-16H2,1-2H3,(H,28,32)(H,29,31). The van der Waals surface area contributed by atoms with Crippen LogP contribution >= 0.6 is 11.3 Å². The van der Waals surface area contributed by atoms with Gasteiger partial charge in [0.15, 0.2) is 0 Å². The minimum atomic E-state index is -0.221. The lowest BCUT2D eigenvalue weighted by Crippen LogP contribution is -2.48. The first-order chi connectivity index (χ1) is 16.4. The summed E-state index contributed by atoms with van der Waals surface area (Å²) >= 11 is 1.35. The predicted molar refractivity (Wildman–Crippen MR) is 136 cm³/mol. The molecule has 34 heavy (non-hydrogen) atoms. The Kier molecular flexibility index (Phi) is 8.03. The van der Waals surface area contributed by atoms with Gasteiger partial charge in [-0.1, -0.05) is 45.2 Å². The van der Waals surface area contributed by atoms with Crippen LogP contribution in [0.1, 0.15) is 91.0 Å². The summed E-state index contributed by atoms with van der Waals surface area (Å²) in [6.07, 6.45) is 7.12. The molecule has 6 nitrogen and oxygen atoms in total. The lowest BCUT2D eigenvalue weighted by atomic mass is 9.87. The van der Waals surface area contributed by atoms with Gasteiger partial charge in [-0.2, -0.15) is 0 Å². The van der Waals surface area contributed by atoms with E-state index in [9.17, 15) is 14.4 Å². The Labute approximate surface area is 206 Å². The second kappa shape index (κ2) is 11.2. The Hall–Kier alpha value is -2.67. The minimum Gasteiger partial charge on any atom is -0.349 e. The van der Waals surface area contributed by atoms with Gasteiger partial charge < -0.3 is 15.5 Å². The zero-order valence-corrected chi connectivity index (χ0v) is 21.0. The number of amides is 3. The van der Waals surface area contributed by atoms with Crippen LogP contribution < -0.4 is 10.6 Å². The van der Waals surface area contributed by atoms with Crippen LogP contribution in [0.4, 0.5) is 5.00 Å². The molecule has 3 amide bonds. The van der Waals surface area contributed by atoms with Crippen molar-refractivity contribution in [3.05, 3.63) is 52.4 Å². The maximum Gasteiger partial charge on any atom is 0.256 e. The third-order valence-corrected chi connectivity index (χ3v) is 7.90. The average Bonchev–Trinajstić information content (AvgIpc) is 3.33. The van der Waals surface area contributed by atoms with Crippen molar-refractivity contribution in [1.82, 2.24) is 10.2 Å².